The molecule has 0 heterocycles. The fraction of sp³-hybridized carbons (Fsp3) is 0.966. The predicted octanol–water partition coefficient (Wildman–Crippen LogP) is 5.20. The van der Waals surface area contributed by atoms with Gasteiger partial charge in [0.15, 0.2) is 0 Å². The molecule has 4 saturated carbocycles. The van der Waals surface area contributed by atoms with E-state index in [1.165, 1.54) is 25.7 Å². The van der Waals surface area contributed by atoms with Crippen LogP contribution in [-0.2, 0) is 14.3 Å². The van der Waals surface area contributed by atoms with Crippen molar-refractivity contribution in [1.29, 1.82) is 0 Å². The average Bonchev–Trinajstić information content (AvgIpc) is 3.13. The average molecular weight is 478 g/mol. The second-order valence-electron chi connectivity index (χ2n) is 13.0. The minimum absolute atomic E-state index is 0.000830. The third-order valence-corrected chi connectivity index (χ3v) is 10.9. The van der Waals surface area contributed by atoms with Gasteiger partial charge in [0.2, 0.25) is 0 Å². The van der Waals surface area contributed by atoms with E-state index in [-0.39, 0.29) is 34.9 Å². The number of carbonyl (C=O) groups excluding carboxylic acids is 1. The maximum absolute atomic E-state index is 12.8. The molecular weight excluding hydrogens is 426 g/mol. The fourth-order valence-electron chi connectivity index (χ4n) is 9.35. The Morgan fingerprint density at radius 1 is 1.12 bits per heavy atom. The molecule has 10 atom stereocenters. The second kappa shape index (κ2) is 10.4. The molecule has 0 radical (unpaired) electrons. The molecule has 0 aromatic carbocycles. The van der Waals surface area contributed by atoms with Gasteiger partial charge in [-0.15, -0.1) is 0 Å². The molecule has 4 rings (SSSR count). The van der Waals surface area contributed by atoms with Crippen LogP contribution in [0.15, 0.2) is 0 Å². The third-order valence-electron chi connectivity index (χ3n) is 10.9. The molecule has 0 amide bonds. The van der Waals surface area contributed by atoms with Crippen LogP contribution < -0.4 is 5.32 Å². The van der Waals surface area contributed by atoms with Gasteiger partial charge in [0, 0.05) is 12.6 Å². The van der Waals surface area contributed by atoms with E-state index < -0.39 is 0 Å². The fourth-order valence-corrected chi connectivity index (χ4v) is 9.35. The van der Waals surface area contributed by atoms with Gasteiger partial charge in [-0.25, -0.2) is 0 Å². The summed E-state index contributed by atoms with van der Waals surface area (Å²) in [6.45, 7) is 13.3. The van der Waals surface area contributed by atoms with Crippen molar-refractivity contribution in [3.8, 4) is 0 Å². The molecular formula is C29H51NO4. The molecule has 0 bridgehead atoms. The number of ether oxygens (including phenoxy) is 2. The third kappa shape index (κ3) is 4.59. The Balaban J connectivity index is 1.64. The number of aliphatic hydroxyl groups excluding tert-OH is 1. The van der Waals surface area contributed by atoms with Gasteiger partial charge >= 0.3 is 5.97 Å². The summed E-state index contributed by atoms with van der Waals surface area (Å²) in [7, 11) is 1.56. The summed E-state index contributed by atoms with van der Waals surface area (Å²) in [4.78, 5) is 12.8. The lowest BCUT2D eigenvalue weighted by molar-refractivity contribution is -0.182. The number of rotatable bonds is 8. The van der Waals surface area contributed by atoms with Crippen LogP contribution in [0.3, 0.4) is 0 Å². The summed E-state index contributed by atoms with van der Waals surface area (Å²) in [5, 5.41) is 14.9. The summed E-state index contributed by atoms with van der Waals surface area (Å²) in [6.07, 6.45) is 9.50. The van der Waals surface area contributed by atoms with Gasteiger partial charge in [-0.2, -0.15) is 0 Å². The first-order valence-corrected chi connectivity index (χ1v) is 14.3. The number of methoxy groups -OCH3 is 1. The molecule has 5 nitrogen and oxygen atoms in total. The highest BCUT2D eigenvalue weighted by Gasteiger charge is 2.65. The Kier molecular flexibility index (Phi) is 8.06. The number of hydrogen-bond acceptors (Lipinski definition) is 5. The minimum atomic E-state index is -0.337. The Morgan fingerprint density at radius 3 is 2.56 bits per heavy atom. The summed E-state index contributed by atoms with van der Waals surface area (Å²) in [5.41, 5.74) is 0.184. The van der Waals surface area contributed by atoms with Crippen molar-refractivity contribution in [2.75, 3.05) is 20.3 Å². The SMILES string of the molecule is CCO[C@H]1C[C@@]2(C)[C@@H](CC[C@@H]3[C@@H]2[C@H](NCCCC(C)C)C[C@]2(C)[C@@H](C(=O)OC)CC[C@@H]32)C[C@@H]1O. The molecule has 196 valence electrons. The van der Waals surface area contributed by atoms with Gasteiger partial charge in [-0.05, 0) is 112 Å². The van der Waals surface area contributed by atoms with Crippen LogP contribution in [0.4, 0.5) is 0 Å². The Bertz CT molecular complexity index is 712. The van der Waals surface area contributed by atoms with E-state index in [2.05, 4.69) is 33.0 Å². The summed E-state index contributed by atoms with van der Waals surface area (Å²) >= 11 is 0. The number of hydrogen-bond donors (Lipinski definition) is 2. The molecule has 0 aromatic heterocycles. The highest BCUT2D eigenvalue weighted by molar-refractivity contribution is 5.74. The first kappa shape index (κ1) is 26.4. The highest BCUT2D eigenvalue weighted by atomic mass is 16.5. The highest BCUT2D eigenvalue weighted by Crippen LogP contribution is 2.67. The quantitative estimate of drug-likeness (QED) is 0.372. The lowest BCUT2D eigenvalue weighted by atomic mass is 9.43. The topological polar surface area (TPSA) is 67.8 Å². The van der Waals surface area contributed by atoms with Crippen molar-refractivity contribution in [3.05, 3.63) is 0 Å². The van der Waals surface area contributed by atoms with Crippen molar-refractivity contribution in [2.45, 2.75) is 111 Å². The van der Waals surface area contributed by atoms with Crippen molar-refractivity contribution < 1.29 is 19.4 Å². The Morgan fingerprint density at radius 2 is 1.88 bits per heavy atom. The minimum Gasteiger partial charge on any atom is -0.469 e. The summed E-state index contributed by atoms with van der Waals surface area (Å²) in [6, 6.07) is 0.411. The summed E-state index contributed by atoms with van der Waals surface area (Å²) in [5.74, 6) is 3.11. The number of fused-ring (bicyclic) bond motifs is 5. The molecule has 4 aliphatic rings. The van der Waals surface area contributed by atoms with Crippen LogP contribution in [0.25, 0.3) is 0 Å². The number of carbonyl (C=O) groups is 1. The standard InChI is InChI=1S/C29H51NO4/c1-7-34-25-17-28(4)19(15-24(25)31)10-11-20-21-12-13-22(27(32)33-6)29(21,5)16-23(26(20)28)30-14-8-9-18(2)3/h18-26,30-31H,7-17H2,1-6H3/t19-,20-,21-,22+,23+,24-,25-,26+,28-,29-/m0/s1. The number of esters is 1. The van der Waals surface area contributed by atoms with Crippen molar-refractivity contribution in [3.63, 3.8) is 0 Å². The smallest absolute Gasteiger partial charge is 0.309 e. The van der Waals surface area contributed by atoms with E-state index in [4.69, 9.17) is 9.47 Å². The molecule has 0 aromatic rings. The number of nitrogens with one attached hydrogen (secondary N) is 1. The van der Waals surface area contributed by atoms with Crippen LogP contribution in [0, 0.1) is 46.3 Å². The van der Waals surface area contributed by atoms with Crippen molar-refractivity contribution in [1.82, 2.24) is 5.32 Å². The molecule has 0 spiro atoms. The van der Waals surface area contributed by atoms with E-state index in [1.54, 1.807) is 7.11 Å². The molecule has 0 aliphatic heterocycles. The van der Waals surface area contributed by atoms with Gasteiger partial charge in [0.1, 0.15) is 0 Å². The molecule has 4 aliphatic carbocycles. The second-order valence-corrected chi connectivity index (χ2v) is 13.0. The predicted molar refractivity (Wildman–Crippen MR) is 135 cm³/mol. The van der Waals surface area contributed by atoms with E-state index in [9.17, 15) is 9.90 Å². The molecule has 0 unspecified atom stereocenters. The van der Waals surface area contributed by atoms with E-state index in [1.807, 2.05) is 6.92 Å². The van der Waals surface area contributed by atoms with E-state index in [0.717, 1.165) is 44.6 Å². The van der Waals surface area contributed by atoms with Crippen molar-refractivity contribution in [2.24, 2.45) is 46.3 Å². The van der Waals surface area contributed by atoms with Crippen LogP contribution in [0.1, 0.15) is 92.4 Å². The largest absolute Gasteiger partial charge is 0.469 e. The summed E-state index contributed by atoms with van der Waals surface area (Å²) < 4.78 is 11.4. The normalized spacial score (nSPS) is 46.0. The maximum Gasteiger partial charge on any atom is 0.309 e. The maximum atomic E-state index is 12.8. The molecule has 0 saturated heterocycles. The number of aliphatic hydroxyl groups is 1. The van der Waals surface area contributed by atoms with Crippen LogP contribution >= 0.6 is 0 Å². The van der Waals surface area contributed by atoms with Gasteiger partial charge in [-0.1, -0.05) is 27.7 Å². The molecule has 2 N–H and O–H groups in total. The zero-order chi connectivity index (χ0) is 24.7. The van der Waals surface area contributed by atoms with E-state index in [0.29, 0.717) is 36.3 Å². The van der Waals surface area contributed by atoms with Gasteiger partial charge in [0.05, 0.1) is 25.2 Å². The zero-order valence-corrected chi connectivity index (χ0v) is 22.6. The monoisotopic (exact) mass is 477 g/mol. The Labute approximate surface area is 208 Å². The van der Waals surface area contributed by atoms with Gasteiger partial charge in [0.25, 0.3) is 0 Å². The van der Waals surface area contributed by atoms with Crippen LogP contribution in [-0.4, -0.2) is 49.6 Å². The lowest BCUT2D eigenvalue weighted by Crippen LogP contribution is -2.64. The van der Waals surface area contributed by atoms with Crippen LogP contribution in [0.5, 0.6) is 0 Å². The molecule has 34 heavy (non-hydrogen) atoms. The first-order chi connectivity index (χ1) is 16.2. The lowest BCUT2D eigenvalue weighted by Gasteiger charge is -2.64. The Hall–Kier alpha value is -0.650. The molecule has 4 fully saturated rings. The van der Waals surface area contributed by atoms with Gasteiger partial charge in [-0.3, -0.25) is 4.79 Å². The zero-order valence-electron chi connectivity index (χ0n) is 22.6. The van der Waals surface area contributed by atoms with Crippen LogP contribution in [0.2, 0.25) is 0 Å². The molecule has 5 heteroatoms. The first-order valence-electron chi connectivity index (χ1n) is 14.3. The van der Waals surface area contributed by atoms with Crippen molar-refractivity contribution >= 4 is 5.97 Å². The van der Waals surface area contributed by atoms with E-state index >= 15 is 0 Å². The van der Waals surface area contributed by atoms with Gasteiger partial charge < -0.3 is 19.9 Å².